The highest BCUT2D eigenvalue weighted by molar-refractivity contribution is 5.89. The van der Waals surface area contributed by atoms with E-state index in [-0.39, 0.29) is 23.8 Å². The van der Waals surface area contributed by atoms with Crippen LogP contribution in [0.2, 0.25) is 0 Å². The summed E-state index contributed by atoms with van der Waals surface area (Å²) >= 11 is 0. The van der Waals surface area contributed by atoms with E-state index in [1.165, 1.54) is 19.3 Å². The fourth-order valence-corrected chi connectivity index (χ4v) is 4.42. The van der Waals surface area contributed by atoms with Gasteiger partial charge >= 0.3 is 0 Å². The Kier molecular flexibility index (Phi) is 7.31. The van der Waals surface area contributed by atoms with Crippen LogP contribution in [0.15, 0.2) is 30.3 Å². The van der Waals surface area contributed by atoms with E-state index in [1.807, 2.05) is 30.3 Å². The second kappa shape index (κ2) is 9.91. The number of amides is 2. The molecule has 4 heteroatoms. The molecule has 0 heterocycles. The van der Waals surface area contributed by atoms with Crippen LogP contribution in [0.25, 0.3) is 0 Å². The monoisotopic (exact) mass is 370 g/mol. The second-order valence-electron chi connectivity index (χ2n) is 8.55. The molecule has 2 amide bonds. The van der Waals surface area contributed by atoms with Crippen LogP contribution < -0.4 is 10.6 Å². The van der Waals surface area contributed by atoms with E-state index in [9.17, 15) is 9.59 Å². The zero-order chi connectivity index (χ0) is 19.1. The van der Waals surface area contributed by atoms with Crippen LogP contribution >= 0.6 is 0 Å². The maximum absolute atomic E-state index is 13.0. The lowest BCUT2D eigenvalue weighted by Crippen LogP contribution is -2.52. The molecule has 1 aromatic carbocycles. The summed E-state index contributed by atoms with van der Waals surface area (Å²) in [5.41, 5.74) is 1.08. The van der Waals surface area contributed by atoms with Gasteiger partial charge in [0.15, 0.2) is 0 Å². The fourth-order valence-electron chi connectivity index (χ4n) is 4.42. The number of hydrogen-bond donors (Lipinski definition) is 2. The molecule has 1 aromatic rings. The number of carbonyl (C=O) groups is 2. The van der Waals surface area contributed by atoms with Gasteiger partial charge in [-0.1, -0.05) is 56.5 Å². The standard InChI is InChI=1S/C23H34N2O2/c1-17-12-14-20(15-13-17)24-23(27)21(16-18-8-4-2-5-9-18)25-22(26)19-10-6-3-7-11-19/h2,4-5,8-9,17,19-21H,3,6-7,10-16H2,1H3,(H,24,27)(H,25,26)/t17?,20?,21-/m0/s1. The molecule has 1 atom stereocenters. The average Bonchev–Trinajstić information content (AvgIpc) is 2.70. The first kappa shape index (κ1) is 19.9. The van der Waals surface area contributed by atoms with Gasteiger partial charge in [0.1, 0.15) is 6.04 Å². The summed E-state index contributed by atoms with van der Waals surface area (Å²) in [6, 6.07) is 9.75. The Balaban J connectivity index is 1.62. The van der Waals surface area contributed by atoms with Gasteiger partial charge in [0.2, 0.25) is 11.8 Å². The highest BCUT2D eigenvalue weighted by atomic mass is 16.2. The van der Waals surface area contributed by atoms with Gasteiger partial charge < -0.3 is 10.6 Å². The average molecular weight is 371 g/mol. The van der Waals surface area contributed by atoms with Crippen LogP contribution in [-0.4, -0.2) is 23.9 Å². The molecule has 3 rings (SSSR count). The number of nitrogens with one attached hydrogen (secondary N) is 2. The summed E-state index contributed by atoms with van der Waals surface area (Å²) in [7, 11) is 0. The molecule has 2 aliphatic rings. The van der Waals surface area contributed by atoms with Crippen molar-refractivity contribution < 1.29 is 9.59 Å². The molecule has 2 aliphatic carbocycles. The molecule has 0 saturated heterocycles. The van der Waals surface area contributed by atoms with E-state index in [0.29, 0.717) is 6.42 Å². The van der Waals surface area contributed by atoms with Crippen LogP contribution in [0, 0.1) is 11.8 Å². The minimum Gasteiger partial charge on any atom is -0.352 e. The van der Waals surface area contributed by atoms with Crippen molar-refractivity contribution in [2.45, 2.75) is 83.2 Å². The van der Waals surface area contributed by atoms with E-state index in [0.717, 1.165) is 50.0 Å². The number of rotatable bonds is 6. The summed E-state index contributed by atoms with van der Waals surface area (Å²) in [5.74, 6) is 0.857. The highest BCUT2D eigenvalue weighted by Gasteiger charge is 2.28. The summed E-state index contributed by atoms with van der Waals surface area (Å²) in [6.45, 7) is 2.28. The van der Waals surface area contributed by atoms with Crippen molar-refractivity contribution in [1.29, 1.82) is 0 Å². The number of benzene rings is 1. The van der Waals surface area contributed by atoms with Gasteiger partial charge in [-0.25, -0.2) is 0 Å². The molecule has 0 unspecified atom stereocenters. The normalized spacial score (nSPS) is 24.8. The Labute approximate surface area is 163 Å². The van der Waals surface area contributed by atoms with Crippen molar-refractivity contribution in [3.63, 3.8) is 0 Å². The number of carbonyl (C=O) groups excluding carboxylic acids is 2. The molecule has 2 fully saturated rings. The topological polar surface area (TPSA) is 58.2 Å². The molecule has 0 spiro atoms. The van der Waals surface area contributed by atoms with Gasteiger partial charge in [-0.3, -0.25) is 9.59 Å². The zero-order valence-corrected chi connectivity index (χ0v) is 16.6. The predicted octanol–water partition coefficient (Wildman–Crippen LogP) is 3.99. The summed E-state index contributed by atoms with van der Waals surface area (Å²) in [5, 5.41) is 6.30. The second-order valence-corrected chi connectivity index (χ2v) is 8.55. The van der Waals surface area contributed by atoms with Gasteiger partial charge in [0.25, 0.3) is 0 Å². The molecular formula is C23H34N2O2. The third-order valence-electron chi connectivity index (χ3n) is 6.25. The highest BCUT2D eigenvalue weighted by Crippen LogP contribution is 2.25. The van der Waals surface area contributed by atoms with Crippen molar-refractivity contribution in [2.24, 2.45) is 11.8 Å². The minimum absolute atomic E-state index is 0.0254. The van der Waals surface area contributed by atoms with Crippen LogP contribution in [0.1, 0.15) is 70.3 Å². The smallest absolute Gasteiger partial charge is 0.243 e. The molecule has 0 bridgehead atoms. The molecule has 4 nitrogen and oxygen atoms in total. The van der Waals surface area contributed by atoms with Crippen molar-refractivity contribution in [1.82, 2.24) is 10.6 Å². The summed E-state index contributed by atoms with van der Waals surface area (Å²) < 4.78 is 0. The van der Waals surface area contributed by atoms with E-state index < -0.39 is 6.04 Å². The maximum Gasteiger partial charge on any atom is 0.243 e. The molecule has 2 N–H and O–H groups in total. The summed E-state index contributed by atoms with van der Waals surface area (Å²) in [6.07, 6.45) is 10.3. The first-order valence-electron chi connectivity index (χ1n) is 10.8. The Morgan fingerprint density at radius 1 is 0.963 bits per heavy atom. The lowest BCUT2D eigenvalue weighted by atomic mass is 9.87. The Morgan fingerprint density at radius 2 is 1.63 bits per heavy atom. The van der Waals surface area contributed by atoms with Crippen molar-refractivity contribution in [3.05, 3.63) is 35.9 Å². The van der Waals surface area contributed by atoms with Crippen LogP contribution in [-0.2, 0) is 16.0 Å². The van der Waals surface area contributed by atoms with Crippen LogP contribution in [0.5, 0.6) is 0 Å². The van der Waals surface area contributed by atoms with Crippen molar-refractivity contribution >= 4 is 11.8 Å². The van der Waals surface area contributed by atoms with Crippen LogP contribution in [0.3, 0.4) is 0 Å². The molecule has 0 aromatic heterocycles. The molecular weight excluding hydrogens is 336 g/mol. The van der Waals surface area contributed by atoms with Gasteiger partial charge in [-0.05, 0) is 50.0 Å². The fraction of sp³-hybridized carbons (Fsp3) is 0.652. The number of hydrogen-bond acceptors (Lipinski definition) is 2. The van der Waals surface area contributed by atoms with Crippen LogP contribution in [0.4, 0.5) is 0 Å². The van der Waals surface area contributed by atoms with Gasteiger partial charge in [0, 0.05) is 18.4 Å². The third kappa shape index (κ3) is 6.08. The Morgan fingerprint density at radius 3 is 2.30 bits per heavy atom. The molecule has 2 saturated carbocycles. The van der Waals surface area contributed by atoms with E-state index >= 15 is 0 Å². The quantitative estimate of drug-likeness (QED) is 0.795. The van der Waals surface area contributed by atoms with E-state index in [4.69, 9.17) is 0 Å². The molecule has 0 radical (unpaired) electrons. The molecule has 148 valence electrons. The SMILES string of the molecule is CC1CCC(NC(=O)[C@H](Cc2ccccc2)NC(=O)C2CCCCC2)CC1. The molecule has 27 heavy (non-hydrogen) atoms. The van der Waals surface area contributed by atoms with Crippen molar-refractivity contribution in [3.8, 4) is 0 Å². The third-order valence-corrected chi connectivity index (χ3v) is 6.25. The largest absolute Gasteiger partial charge is 0.352 e. The first-order valence-corrected chi connectivity index (χ1v) is 10.8. The lowest BCUT2D eigenvalue weighted by Gasteiger charge is -2.29. The van der Waals surface area contributed by atoms with Crippen molar-refractivity contribution in [2.75, 3.05) is 0 Å². The Hall–Kier alpha value is -1.84. The van der Waals surface area contributed by atoms with Gasteiger partial charge in [-0.15, -0.1) is 0 Å². The lowest BCUT2D eigenvalue weighted by molar-refractivity contribution is -0.132. The summed E-state index contributed by atoms with van der Waals surface area (Å²) in [4.78, 5) is 25.7. The maximum atomic E-state index is 13.0. The minimum atomic E-state index is -0.485. The van der Waals surface area contributed by atoms with E-state index in [2.05, 4.69) is 17.6 Å². The first-order chi connectivity index (χ1) is 13.1. The van der Waals surface area contributed by atoms with Gasteiger partial charge in [-0.2, -0.15) is 0 Å². The van der Waals surface area contributed by atoms with Gasteiger partial charge in [0.05, 0.1) is 0 Å². The zero-order valence-electron chi connectivity index (χ0n) is 16.6. The molecule has 0 aliphatic heterocycles. The Bertz CT molecular complexity index is 602. The predicted molar refractivity (Wildman–Crippen MR) is 108 cm³/mol. The van der Waals surface area contributed by atoms with E-state index in [1.54, 1.807) is 0 Å².